The number of hydrogen-bond donors (Lipinski definition) is 2. The number of anilines is 2. The van der Waals surface area contributed by atoms with E-state index < -0.39 is 69.1 Å². The van der Waals surface area contributed by atoms with E-state index in [1.54, 1.807) is 4.90 Å². The topological polar surface area (TPSA) is 78.7 Å². The number of nitrogens with two attached hydrogens (primary N) is 1. The summed E-state index contributed by atoms with van der Waals surface area (Å²) < 4.78 is 99.1. The second-order valence-electron chi connectivity index (χ2n) is 9.42. The molecule has 1 aliphatic heterocycles. The molecule has 1 unspecified atom stereocenters. The van der Waals surface area contributed by atoms with E-state index >= 15 is 4.39 Å². The molecule has 0 spiro atoms. The zero-order valence-corrected chi connectivity index (χ0v) is 21.2. The number of carbonyl (C=O) groups is 2. The normalized spacial score (nSPS) is 16.2. The Balaban J connectivity index is 1.85. The molecule has 4 rings (SSSR count). The summed E-state index contributed by atoms with van der Waals surface area (Å²) in [6.07, 6.45) is -5.07. The summed E-state index contributed by atoms with van der Waals surface area (Å²) >= 11 is 0. The lowest BCUT2D eigenvalue weighted by Gasteiger charge is -2.39. The highest BCUT2D eigenvalue weighted by molar-refractivity contribution is 6.07. The van der Waals surface area contributed by atoms with Crippen LogP contribution >= 0.6 is 0 Å². The first kappa shape index (κ1) is 28.9. The van der Waals surface area contributed by atoms with Crippen molar-refractivity contribution in [1.82, 2.24) is 4.90 Å². The Labute approximate surface area is 224 Å². The minimum absolute atomic E-state index is 0.0261. The number of primary amides is 1. The number of amides is 2. The highest BCUT2D eigenvalue weighted by Gasteiger charge is 2.36. The number of hydrogen-bond acceptors (Lipinski definition) is 4. The lowest BCUT2D eigenvalue weighted by Crippen LogP contribution is -2.50. The third-order valence-corrected chi connectivity index (χ3v) is 6.80. The predicted molar refractivity (Wildman–Crippen MR) is 134 cm³/mol. The molecule has 3 N–H and O–H groups in total. The van der Waals surface area contributed by atoms with E-state index in [9.17, 15) is 35.9 Å². The molecule has 40 heavy (non-hydrogen) atoms. The summed E-state index contributed by atoms with van der Waals surface area (Å²) in [4.78, 5) is 28.2. The number of piperazine rings is 1. The standard InChI is InChI=1S/C27H23F7N4O2/c1-13-12-38(8-7-37(13)2)22-11-20(29)18(15-5-6-17(25(35)39)24(31)23(15)30)10-21(22)36-26(40)16-4-3-14(28)9-19(16)27(32,33)34/h3-6,9-11,13H,7-8,12H2,1-2H3,(H2,35,39)(H,36,40). The number of likely N-dealkylation sites (N-methyl/N-ethyl adjacent to an activating group) is 1. The van der Waals surface area contributed by atoms with Crippen molar-refractivity contribution in [3.8, 4) is 11.1 Å². The van der Waals surface area contributed by atoms with Gasteiger partial charge < -0.3 is 20.9 Å². The minimum atomic E-state index is -5.07. The molecule has 0 bridgehead atoms. The van der Waals surface area contributed by atoms with Crippen molar-refractivity contribution in [2.45, 2.75) is 19.1 Å². The zero-order valence-electron chi connectivity index (χ0n) is 21.2. The predicted octanol–water partition coefficient (Wildman–Crippen LogP) is 5.42. The maximum Gasteiger partial charge on any atom is 0.417 e. The third-order valence-electron chi connectivity index (χ3n) is 6.80. The van der Waals surface area contributed by atoms with Crippen LogP contribution in [0.1, 0.15) is 33.2 Å². The number of benzene rings is 3. The summed E-state index contributed by atoms with van der Waals surface area (Å²) in [5.74, 6) is -7.99. The highest BCUT2D eigenvalue weighted by atomic mass is 19.4. The number of rotatable bonds is 5. The van der Waals surface area contributed by atoms with Crippen LogP contribution in [-0.4, -0.2) is 49.4 Å². The maximum atomic E-state index is 15.4. The Kier molecular flexibility index (Phi) is 7.79. The lowest BCUT2D eigenvalue weighted by atomic mass is 9.99. The Morgan fingerprint density at radius 2 is 1.60 bits per heavy atom. The van der Waals surface area contributed by atoms with Gasteiger partial charge in [0, 0.05) is 36.8 Å². The average molecular weight is 568 g/mol. The van der Waals surface area contributed by atoms with Gasteiger partial charge in [-0.05, 0) is 50.4 Å². The van der Waals surface area contributed by atoms with E-state index in [0.29, 0.717) is 31.8 Å². The van der Waals surface area contributed by atoms with Crippen LogP contribution in [0.15, 0.2) is 42.5 Å². The molecule has 1 aliphatic rings. The molecular weight excluding hydrogens is 545 g/mol. The zero-order chi connectivity index (χ0) is 29.5. The first-order chi connectivity index (χ1) is 18.7. The molecule has 1 saturated heterocycles. The molecule has 2 amide bonds. The van der Waals surface area contributed by atoms with E-state index in [2.05, 4.69) is 5.32 Å². The Morgan fingerprint density at radius 1 is 0.925 bits per heavy atom. The van der Waals surface area contributed by atoms with Crippen LogP contribution < -0.4 is 16.0 Å². The number of nitrogens with zero attached hydrogens (tertiary/aromatic N) is 2. The van der Waals surface area contributed by atoms with Crippen molar-refractivity contribution in [3.63, 3.8) is 0 Å². The molecule has 6 nitrogen and oxygen atoms in total. The molecule has 0 radical (unpaired) electrons. The van der Waals surface area contributed by atoms with Crippen molar-refractivity contribution in [1.29, 1.82) is 0 Å². The number of halogens is 7. The fourth-order valence-corrected chi connectivity index (χ4v) is 4.48. The SMILES string of the molecule is CC1CN(c2cc(F)c(-c3ccc(C(N)=O)c(F)c3F)cc2NC(=O)c2ccc(F)cc2C(F)(F)F)CCN1C. The van der Waals surface area contributed by atoms with Gasteiger partial charge in [-0.3, -0.25) is 9.59 Å². The van der Waals surface area contributed by atoms with Gasteiger partial charge in [-0.25, -0.2) is 17.6 Å². The summed E-state index contributed by atoms with van der Waals surface area (Å²) in [5.41, 5.74) is 0.557. The molecular formula is C27H23F7N4O2. The van der Waals surface area contributed by atoms with Gasteiger partial charge in [0.2, 0.25) is 0 Å². The Morgan fingerprint density at radius 3 is 2.23 bits per heavy atom. The quantitative estimate of drug-likeness (QED) is 0.403. The van der Waals surface area contributed by atoms with Gasteiger partial charge in [-0.15, -0.1) is 0 Å². The van der Waals surface area contributed by atoms with Crippen molar-refractivity contribution in [3.05, 3.63) is 82.4 Å². The Bertz CT molecular complexity index is 1490. The molecule has 1 heterocycles. The van der Waals surface area contributed by atoms with Crippen LogP contribution in [-0.2, 0) is 6.18 Å². The van der Waals surface area contributed by atoms with E-state index in [1.807, 2.05) is 18.9 Å². The van der Waals surface area contributed by atoms with Crippen LogP contribution in [0, 0.1) is 23.3 Å². The number of alkyl halides is 3. The summed E-state index contributed by atoms with van der Waals surface area (Å²) in [6.45, 7) is 3.12. The maximum absolute atomic E-state index is 15.4. The lowest BCUT2D eigenvalue weighted by molar-refractivity contribution is -0.138. The molecule has 0 saturated carbocycles. The summed E-state index contributed by atoms with van der Waals surface area (Å²) in [6, 6.07) is 5.19. The second kappa shape index (κ2) is 10.8. The van der Waals surface area contributed by atoms with E-state index in [0.717, 1.165) is 24.3 Å². The van der Waals surface area contributed by atoms with Gasteiger partial charge in [0.05, 0.1) is 28.1 Å². The molecule has 0 aromatic heterocycles. The van der Waals surface area contributed by atoms with Gasteiger partial charge in [-0.1, -0.05) is 6.07 Å². The van der Waals surface area contributed by atoms with Gasteiger partial charge in [0.1, 0.15) is 11.6 Å². The molecule has 3 aromatic carbocycles. The van der Waals surface area contributed by atoms with E-state index in [4.69, 9.17) is 5.73 Å². The van der Waals surface area contributed by atoms with Gasteiger partial charge >= 0.3 is 6.18 Å². The van der Waals surface area contributed by atoms with Crippen LogP contribution in [0.2, 0.25) is 0 Å². The van der Waals surface area contributed by atoms with Crippen molar-refractivity contribution in [2.75, 3.05) is 36.9 Å². The molecule has 0 aliphatic carbocycles. The van der Waals surface area contributed by atoms with Crippen LogP contribution in [0.3, 0.4) is 0 Å². The summed E-state index contributed by atoms with van der Waals surface area (Å²) in [7, 11) is 1.87. The largest absolute Gasteiger partial charge is 0.417 e. The fourth-order valence-electron chi connectivity index (χ4n) is 4.48. The van der Waals surface area contributed by atoms with Gasteiger partial charge in [0.25, 0.3) is 11.8 Å². The average Bonchev–Trinajstić information content (AvgIpc) is 2.87. The van der Waals surface area contributed by atoms with Crippen molar-refractivity contribution >= 4 is 23.2 Å². The summed E-state index contributed by atoms with van der Waals surface area (Å²) in [5, 5.41) is 2.31. The molecule has 1 fully saturated rings. The number of nitrogens with one attached hydrogen (secondary N) is 1. The highest BCUT2D eigenvalue weighted by Crippen LogP contribution is 2.38. The van der Waals surface area contributed by atoms with Crippen LogP contribution in [0.4, 0.5) is 42.1 Å². The number of carbonyl (C=O) groups excluding carboxylic acids is 2. The minimum Gasteiger partial charge on any atom is -0.367 e. The second-order valence-corrected chi connectivity index (χ2v) is 9.42. The van der Waals surface area contributed by atoms with Gasteiger partial charge in [-0.2, -0.15) is 13.2 Å². The molecule has 3 aromatic rings. The van der Waals surface area contributed by atoms with E-state index in [1.165, 1.54) is 0 Å². The molecule has 13 heteroatoms. The van der Waals surface area contributed by atoms with Gasteiger partial charge in [0.15, 0.2) is 11.6 Å². The van der Waals surface area contributed by atoms with E-state index in [-0.39, 0.29) is 23.5 Å². The fraction of sp³-hybridized carbons (Fsp3) is 0.259. The van der Waals surface area contributed by atoms with Crippen LogP contribution in [0.25, 0.3) is 11.1 Å². The smallest absolute Gasteiger partial charge is 0.367 e. The van der Waals surface area contributed by atoms with Crippen LogP contribution in [0.5, 0.6) is 0 Å². The third kappa shape index (κ3) is 5.60. The van der Waals surface area contributed by atoms with Crippen molar-refractivity contribution < 1.29 is 40.3 Å². The first-order valence-corrected chi connectivity index (χ1v) is 11.9. The molecule has 1 atom stereocenters. The monoisotopic (exact) mass is 568 g/mol. The Hall–Kier alpha value is -4.13. The molecule has 212 valence electrons. The first-order valence-electron chi connectivity index (χ1n) is 11.9. The van der Waals surface area contributed by atoms with Crippen molar-refractivity contribution in [2.24, 2.45) is 5.73 Å².